The van der Waals surface area contributed by atoms with Gasteiger partial charge in [-0.25, -0.2) is 0 Å². The van der Waals surface area contributed by atoms with Gasteiger partial charge in [0.25, 0.3) is 5.91 Å². The van der Waals surface area contributed by atoms with Crippen LogP contribution in [0, 0.1) is 6.92 Å². The number of carbonyl (C=O) groups excluding carboxylic acids is 1. The Bertz CT molecular complexity index is 845. The van der Waals surface area contributed by atoms with Crippen molar-refractivity contribution in [3.05, 3.63) is 59.8 Å². The van der Waals surface area contributed by atoms with Crippen LogP contribution in [0.15, 0.2) is 48.5 Å². The number of rotatable bonds is 5. The van der Waals surface area contributed by atoms with E-state index in [9.17, 15) is 4.79 Å². The van der Waals surface area contributed by atoms with Gasteiger partial charge in [-0.2, -0.15) is 0 Å². The average molecular weight is 321 g/mol. The van der Waals surface area contributed by atoms with Crippen LogP contribution in [0.5, 0.6) is 0 Å². The number of nitrogens with zero attached hydrogens (tertiary/aromatic N) is 1. The Morgan fingerprint density at radius 3 is 2.42 bits per heavy atom. The zero-order valence-corrected chi connectivity index (χ0v) is 14.4. The molecule has 0 unspecified atom stereocenters. The molecule has 0 aliphatic carbocycles. The van der Waals surface area contributed by atoms with Crippen molar-refractivity contribution >= 4 is 28.2 Å². The summed E-state index contributed by atoms with van der Waals surface area (Å²) < 4.78 is 0. The number of nitrogens with one attached hydrogen (secondary N) is 2. The molecule has 4 heteroatoms. The minimum Gasteiger partial charge on any atom is -0.372 e. The number of amides is 1. The lowest BCUT2D eigenvalue weighted by atomic mass is 10.2. The number of hydrogen-bond donors (Lipinski definition) is 2. The predicted molar refractivity (Wildman–Crippen MR) is 101 cm³/mol. The lowest BCUT2D eigenvalue weighted by Gasteiger charge is -2.21. The molecule has 4 nitrogen and oxygen atoms in total. The van der Waals surface area contributed by atoms with Crippen LogP contribution in [0.25, 0.3) is 10.9 Å². The highest BCUT2D eigenvalue weighted by atomic mass is 16.1. The molecule has 0 bridgehead atoms. The molecule has 0 spiro atoms. The van der Waals surface area contributed by atoms with Crippen LogP contribution in [-0.2, 0) is 0 Å². The molecule has 0 aliphatic heterocycles. The van der Waals surface area contributed by atoms with Gasteiger partial charge in [-0.05, 0) is 63.2 Å². The second-order valence-corrected chi connectivity index (χ2v) is 5.95. The first-order valence-electron chi connectivity index (χ1n) is 8.36. The van der Waals surface area contributed by atoms with Gasteiger partial charge in [0.05, 0.1) is 0 Å². The summed E-state index contributed by atoms with van der Waals surface area (Å²) in [6.45, 7) is 8.25. The molecule has 2 aromatic carbocycles. The molecule has 3 rings (SSSR count). The third kappa shape index (κ3) is 3.27. The quantitative estimate of drug-likeness (QED) is 0.723. The van der Waals surface area contributed by atoms with Gasteiger partial charge in [-0.3, -0.25) is 4.79 Å². The largest absolute Gasteiger partial charge is 0.372 e. The number of aromatic amines is 1. The van der Waals surface area contributed by atoms with Crippen LogP contribution in [0.2, 0.25) is 0 Å². The minimum absolute atomic E-state index is 0.126. The molecule has 24 heavy (non-hydrogen) atoms. The molecule has 124 valence electrons. The van der Waals surface area contributed by atoms with E-state index in [0.29, 0.717) is 5.69 Å². The third-order valence-corrected chi connectivity index (χ3v) is 4.27. The van der Waals surface area contributed by atoms with E-state index in [4.69, 9.17) is 0 Å². The Morgan fingerprint density at radius 2 is 1.75 bits per heavy atom. The molecule has 1 heterocycles. The van der Waals surface area contributed by atoms with Gasteiger partial charge in [-0.15, -0.1) is 0 Å². The SMILES string of the molecule is CCN(CC)c1ccc(NC(=O)c2cc3cc(C)ccc3[nH]2)cc1. The summed E-state index contributed by atoms with van der Waals surface area (Å²) >= 11 is 0. The first-order valence-corrected chi connectivity index (χ1v) is 8.36. The predicted octanol–water partition coefficient (Wildman–Crippen LogP) is 4.57. The van der Waals surface area contributed by atoms with Crippen LogP contribution >= 0.6 is 0 Å². The summed E-state index contributed by atoms with van der Waals surface area (Å²) in [5.41, 5.74) is 4.69. The second-order valence-electron chi connectivity index (χ2n) is 5.95. The van der Waals surface area contributed by atoms with E-state index in [-0.39, 0.29) is 5.91 Å². The Kier molecular flexibility index (Phi) is 4.56. The molecular formula is C20H23N3O. The summed E-state index contributed by atoms with van der Waals surface area (Å²) in [5.74, 6) is -0.126. The normalized spacial score (nSPS) is 10.8. The molecule has 1 amide bonds. The maximum Gasteiger partial charge on any atom is 0.272 e. The van der Waals surface area contributed by atoms with Crippen LogP contribution in [0.4, 0.5) is 11.4 Å². The summed E-state index contributed by atoms with van der Waals surface area (Å²) in [6.07, 6.45) is 0. The van der Waals surface area contributed by atoms with E-state index >= 15 is 0 Å². The summed E-state index contributed by atoms with van der Waals surface area (Å²) in [7, 11) is 0. The van der Waals surface area contributed by atoms with Crippen molar-refractivity contribution < 1.29 is 4.79 Å². The van der Waals surface area contributed by atoms with Crippen molar-refractivity contribution in [2.24, 2.45) is 0 Å². The Hall–Kier alpha value is -2.75. The summed E-state index contributed by atoms with van der Waals surface area (Å²) in [6, 6.07) is 16.0. The van der Waals surface area contributed by atoms with Gasteiger partial charge >= 0.3 is 0 Å². The first-order chi connectivity index (χ1) is 11.6. The van der Waals surface area contributed by atoms with Crippen molar-refractivity contribution in [3.8, 4) is 0 Å². The number of H-pyrrole nitrogens is 1. The highest BCUT2D eigenvalue weighted by Gasteiger charge is 2.10. The van der Waals surface area contributed by atoms with Crippen molar-refractivity contribution in [2.75, 3.05) is 23.3 Å². The Labute approximate surface area is 142 Å². The fourth-order valence-corrected chi connectivity index (χ4v) is 2.92. The highest BCUT2D eigenvalue weighted by Crippen LogP contribution is 2.20. The van der Waals surface area contributed by atoms with E-state index in [1.807, 2.05) is 49.4 Å². The number of anilines is 2. The second kappa shape index (κ2) is 6.79. The zero-order chi connectivity index (χ0) is 17.1. The van der Waals surface area contributed by atoms with Crippen LogP contribution < -0.4 is 10.2 Å². The highest BCUT2D eigenvalue weighted by molar-refractivity contribution is 6.06. The van der Waals surface area contributed by atoms with Crippen molar-refractivity contribution in [1.82, 2.24) is 4.98 Å². The molecule has 0 atom stereocenters. The number of aryl methyl sites for hydroxylation is 1. The number of benzene rings is 2. The molecule has 0 saturated heterocycles. The first kappa shape index (κ1) is 16.1. The number of aromatic nitrogens is 1. The standard InChI is InChI=1S/C20H23N3O/c1-4-23(5-2)17-9-7-16(8-10-17)21-20(24)19-13-15-12-14(3)6-11-18(15)22-19/h6-13,22H,4-5H2,1-3H3,(H,21,24). The lowest BCUT2D eigenvalue weighted by Crippen LogP contribution is -2.21. The number of hydrogen-bond acceptors (Lipinski definition) is 2. The van der Waals surface area contributed by atoms with Crippen molar-refractivity contribution in [2.45, 2.75) is 20.8 Å². The fourth-order valence-electron chi connectivity index (χ4n) is 2.92. The van der Waals surface area contributed by atoms with E-state index in [2.05, 4.69) is 35.1 Å². The molecule has 2 N–H and O–H groups in total. The molecule has 3 aromatic rings. The fraction of sp³-hybridized carbons (Fsp3) is 0.250. The van der Waals surface area contributed by atoms with Gasteiger partial charge in [-0.1, -0.05) is 11.6 Å². The maximum atomic E-state index is 12.4. The maximum absolute atomic E-state index is 12.4. The van der Waals surface area contributed by atoms with Gasteiger partial charge in [0.1, 0.15) is 5.69 Å². The summed E-state index contributed by atoms with van der Waals surface area (Å²) in [4.78, 5) is 17.9. The molecule has 1 aromatic heterocycles. The van der Waals surface area contributed by atoms with E-state index < -0.39 is 0 Å². The smallest absolute Gasteiger partial charge is 0.272 e. The summed E-state index contributed by atoms with van der Waals surface area (Å²) in [5, 5.41) is 4.00. The van der Waals surface area contributed by atoms with E-state index in [1.165, 1.54) is 11.3 Å². The van der Waals surface area contributed by atoms with Gasteiger partial charge in [0.15, 0.2) is 0 Å². The molecular weight excluding hydrogens is 298 g/mol. The lowest BCUT2D eigenvalue weighted by molar-refractivity contribution is 0.102. The van der Waals surface area contributed by atoms with Gasteiger partial charge < -0.3 is 15.2 Å². The van der Waals surface area contributed by atoms with Gasteiger partial charge in [0, 0.05) is 35.4 Å². The van der Waals surface area contributed by atoms with Crippen LogP contribution in [-0.4, -0.2) is 24.0 Å². The Balaban J connectivity index is 1.76. The van der Waals surface area contributed by atoms with Crippen LogP contribution in [0.3, 0.4) is 0 Å². The Morgan fingerprint density at radius 1 is 1.04 bits per heavy atom. The topological polar surface area (TPSA) is 48.1 Å². The number of fused-ring (bicyclic) bond motifs is 1. The minimum atomic E-state index is -0.126. The third-order valence-electron chi connectivity index (χ3n) is 4.27. The molecule has 0 aliphatic rings. The zero-order valence-electron chi connectivity index (χ0n) is 14.4. The molecule has 0 fully saturated rings. The monoisotopic (exact) mass is 321 g/mol. The molecule has 0 saturated carbocycles. The van der Waals surface area contributed by atoms with Crippen molar-refractivity contribution in [1.29, 1.82) is 0 Å². The van der Waals surface area contributed by atoms with Gasteiger partial charge in [0.2, 0.25) is 0 Å². The average Bonchev–Trinajstić information content (AvgIpc) is 3.00. The van der Waals surface area contributed by atoms with Crippen LogP contribution in [0.1, 0.15) is 29.9 Å². The van der Waals surface area contributed by atoms with E-state index in [1.54, 1.807) is 0 Å². The molecule has 0 radical (unpaired) electrons. The number of carbonyl (C=O) groups is 1. The van der Waals surface area contributed by atoms with Crippen molar-refractivity contribution in [3.63, 3.8) is 0 Å². The van der Waals surface area contributed by atoms with E-state index in [0.717, 1.165) is 29.7 Å².